The highest BCUT2D eigenvalue weighted by atomic mass is 16.5. The summed E-state index contributed by atoms with van der Waals surface area (Å²) in [6, 6.07) is 9.53. The molecular formula is C19H21N3O6. The van der Waals surface area contributed by atoms with Crippen LogP contribution in [0.25, 0.3) is 0 Å². The second kappa shape index (κ2) is 9.81. The number of methoxy groups -OCH3 is 3. The first-order valence-corrected chi connectivity index (χ1v) is 8.18. The van der Waals surface area contributed by atoms with Gasteiger partial charge >= 0.3 is 0 Å². The lowest BCUT2D eigenvalue weighted by Crippen LogP contribution is -2.34. The molecule has 0 bridgehead atoms. The second-order valence-electron chi connectivity index (χ2n) is 5.44. The highest BCUT2D eigenvalue weighted by molar-refractivity contribution is 5.97. The number of nitrogens with one attached hydrogen (secondary N) is 2. The van der Waals surface area contributed by atoms with Crippen LogP contribution in [-0.4, -0.2) is 51.0 Å². The number of nitrogens with zero attached hydrogens (tertiary/aromatic N) is 1. The zero-order chi connectivity index (χ0) is 20.5. The highest BCUT2D eigenvalue weighted by Crippen LogP contribution is 2.28. The van der Waals surface area contributed by atoms with Crippen molar-refractivity contribution in [1.82, 2.24) is 10.7 Å². The van der Waals surface area contributed by atoms with Crippen LogP contribution < -0.4 is 25.0 Å². The summed E-state index contributed by atoms with van der Waals surface area (Å²) < 4.78 is 15.2. The topological polar surface area (TPSA) is 118 Å². The van der Waals surface area contributed by atoms with E-state index in [-0.39, 0.29) is 18.0 Å². The third-order valence-corrected chi connectivity index (χ3v) is 3.70. The third kappa shape index (κ3) is 5.13. The number of aromatic hydroxyl groups is 1. The van der Waals surface area contributed by atoms with Gasteiger partial charge in [-0.3, -0.25) is 9.59 Å². The number of carbonyl (C=O) groups excluding carboxylic acids is 2. The Balaban J connectivity index is 1.89. The summed E-state index contributed by atoms with van der Waals surface area (Å²) in [5.74, 6) is 0.106. The molecule has 0 spiro atoms. The SMILES string of the molecule is COc1ccc(C(=O)NCC(=O)NN=Cc2cccc(OC)c2O)cc1OC. The number of hydrogen-bond donors (Lipinski definition) is 3. The standard InChI is InChI=1S/C19H21N3O6/c1-26-14-8-7-12(9-16(14)28-3)19(25)20-11-17(23)22-21-10-13-5-4-6-15(27-2)18(13)24/h4-10,24H,11H2,1-3H3,(H,20,25)(H,22,23). The Morgan fingerprint density at radius 1 is 1.04 bits per heavy atom. The van der Waals surface area contributed by atoms with Gasteiger partial charge in [0.15, 0.2) is 23.0 Å². The zero-order valence-electron chi connectivity index (χ0n) is 15.7. The number of amides is 2. The lowest BCUT2D eigenvalue weighted by Gasteiger charge is -2.09. The van der Waals surface area contributed by atoms with E-state index in [2.05, 4.69) is 15.8 Å². The van der Waals surface area contributed by atoms with Crippen LogP contribution in [0.5, 0.6) is 23.0 Å². The molecule has 0 saturated heterocycles. The van der Waals surface area contributed by atoms with Crippen molar-refractivity contribution in [2.45, 2.75) is 0 Å². The molecule has 9 heteroatoms. The van der Waals surface area contributed by atoms with Gasteiger partial charge in [-0.25, -0.2) is 5.43 Å². The summed E-state index contributed by atoms with van der Waals surface area (Å²) in [6.45, 7) is -0.283. The Labute approximate surface area is 161 Å². The first-order chi connectivity index (χ1) is 13.5. The summed E-state index contributed by atoms with van der Waals surface area (Å²) in [5.41, 5.74) is 2.95. The van der Waals surface area contributed by atoms with E-state index >= 15 is 0 Å². The summed E-state index contributed by atoms with van der Waals surface area (Å²) in [4.78, 5) is 24.0. The Hall–Kier alpha value is -3.75. The molecule has 0 unspecified atom stereocenters. The van der Waals surface area contributed by atoms with Crippen molar-refractivity contribution >= 4 is 18.0 Å². The van der Waals surface area contributed by atoms with Crippen molar-refractivity contribution in [2.24, 2.45) is 5.10 Å². The van der Waals surface area contributed by atoms with E-state index in [1.165, 1.54) is 33.6 Å². The maximum Gasteiger partial charge on any atom is 0.259 e. The number of ether oxygens (including phenoxy) is 3. The molecule has 0 aliphatic carbocycles. The predicted octanol–water partition coefficient (Wildman–Crippen LogP) is 1.30. The van der Waals surface area contributed by atoms with Crippen LogP contribution in [0.2, 0.25) is 0 Å². The smallest absolute Gasteiger partial charge is 0.259 e. The van der Waals surface area contributed by atoms with Crippen molar-refractivity contribution in [3.8, 4) is 23.0 Å². The van der Waals surface area contributed by atoms with Gasteiger partial charge in [0.2, 0.25) is 0 Å². The van der Waals surface area contributed by atoms with Crippen LogP contribution in [0.4, 0.5) is 0 Å². The van der Waals surface area contributed by atoms with Crippen molar-refractivity contribution < 1.29 is 28.9 Å². The molecular weight excluding hydrogens is 366 g/mol. The van der Waals surface area contributed by atoms with E-state index in [0.29, 0.717) is 22.6 Å². The number of phenolic OH excluding ortho intramolecular Hbond substituents is 1. The van der Waals surface area contributed by atoms with Gasteiger partial charge in [0, 0.05) is 11.1 Å². The highest BCUT2D eigenvalue weighted by Gasteiger charge is 2.12. The summed E-state index contributed by atoms with van der Waals surface area (Å²) in [6.07, 6.45) is 1.27. The maximum atomic E-state index is 12.2. The Morgan fingerprint density at radius 3 is 2.43 bits per heavy atom. The fraction of sp³-hybridized carbons (Fsp3) is 0.211. The Bertz CT molecular complexity index is 882. The van der Waals surface area contributed by atoms with Crippen LogP contribution in [0.1, 0.15) is 15.9 Å². The number of rotatable bonds is 8. The molecule has 9 nitrogen and oxygen atoms in total. The molecule has 148 valence electrons. The molecule has 28 heavy (non-hydrogen) atoms. The van der Waals surface area contributed by atoms with E-state index in [9.17, 15) is 14.7 Å². The molecule has 2 aromatic carbocycles. The minimum atomic E-state index is -0.535. The Morgan fingerprint density at radius 2 is 1.75 bits per heavy atom. The van der Waals surface area contributed by atoms with Crippen molar-refractivity contribution in [3.63, 3.8) is 0 Å². The number of carbonyl (C=O) groups is 2. The molecule has 2 aromatic rings. The van der Waals surface area contributed by atoms with E-state index in [1.54, 1.807) is 30.3 Å². The van der Waals surface area contributed by atoms with E-state index in [0.717, 1.165) is 0 Å². The van der Waals surface area contributed by atoms with Crippen molar-refractivity contribution in [3.05, 3.63) is 47.5 Å². The normalized spacial score (nSPS) is 10.4. The quantitative estimate of drug-likeness (QED) is 0.464. The number of hydrogen-bond acceptors (Lipinski definition) is 7. The fourth-order valence-electron chi connectivity index (χ4n) is 2.26. The molecule has 2 amide bonds. The molecule has 3 N–H and O–H groups in total. The summed E-state index contributed by atoms with van der Waals surface area (Å²) >= 11 is 0. The first-order valence-electron chi connectivity index (χ1n) is 8.18. The molecule has 2 rings (SSSR count). The van der Waals surface area contributed by atoms with Gasteiger partial charge in [-0.15, -0.1) is 0 Å². The van der Waals surface area contributed by atoms with Gasteiger partial charge in [-0.05, 0) is 30.3 Å². The Kier molecular flexibility index (Phi) is 7.21. The zero-order valence-corrected chi connectivity index (χ0v) is 15.7. The molecule has 0 saturated carbocycles. The molecule has 0 aliphatic rings. The van der Waals surface area contributed by atoms with Crippen LogP contribution >= 0.6 is 0 Å². The second-order valence-corrected chi connectivity index (χ2v) is 5.44. The number of benzene rings is 2. The van der Waals surface area contributed by atoms with Crippen LogP contribution in [0, 0.1) is 0 Å². The molecule has 0 aromatic heterocycles. The van der Waals surface area contributed by atoms with Crippen LogP contribution in [0.3, 0.4) is 0 Å². The van der Waals surface area contributed by atoms with E-state index in [1.807, 2.05) is 0 Å². The van der Waals surface area contributed by atoms with Crippen molar-refractivity contribution in [2.75, 3.05) is 27.9 Å². The van der Waals surface area contributed by atoms with E-state index in [4.69, 9.17) is 14.2 Å². The molecule has 0 radical (unpaired) electrons. The molecule has 0 fully saturated rings. The van der Waals surface area contributed by atoms with Crippen LogP contribution in [-0.2, 0) is 4.79 Å². The van der Waals surface area contributed by atoms with Gasteiger partial charge < -0.3 is 24.6 Å². The van der Waals surface area contributed by atoms with Gasteiger partial charge in [0.05, 0.1) is 34.1 Å². The van der Waals surface area contributed by atoms with E-state index < -0.39 is 11.8 Å². The maximum absolute atomic E-state index is 12.2. The van der Waals surface area contributed by atoms with Gasteiger partial charge in [-0.1, -0.05) is 6.07 Å². The van der Waals surface area contributed by atoms with Gasteiger partial charge in [0.25, 0.3) is 11.8 Å². The van der Waals surface area contributed by atoms with Gasteiger partial charge in [-0.2, -0.15) is 5.10 Å². The predicted molar refractivity (Wildman–Crippen MR) is 102 cm³/mol. The fourth-order valence-corrected chi connectivity index (χ4v) is 2.26. The number of phenols is 1. The number of hydrazone groups is 1. The minimum Gasteiger partial charge on any atom is -0.504 e. The van der Waals surface area contributed by atoms with Crippen molar-refractivity contribution in [1.29, 1.82) is 0 Å². The average Bonchev–Trinajstić information content (AvgIpc) is 2.72. The summed E-state index contributed by atoms with van der Waals surface area (Å²) in [7, 11) is 4.39. The minimum absolute atomic E-state index is 0.0928. The molecule has 0 aliphatic heterocycles. The number of para-hydroxylation sites is 1. The lowest BCUT2D eigenvalue weighted by molar-refractivity contribution is -0.120. The van der Waals surface area contributed by atoms with Gasteiger partial charge in [0.1, 0.15) is 0 Å². The average molecular weight is 387 g/mol. The molecule has 0 atom stereocenters. The lowest BCUT2D eigenvalue weighted by atomic mass is 10.2. The monoisotopic (exact) mass is 387 g/mol. The third-order valence-electron chi connectivity index (χ3n) is 3.70. The first kappa shape index (κ1) is 20.6. The largest absolute Gasteiger partial charge is 0.504 e. The molecule has 0 heterocycles. The summed E-state index contributed by atoms with van der Waals surface area (Å²) in [5, 5.41) is 16.2. The van der Waals surface area contributed by atoms with Crippen LogP contribution in [0.15, 0.2) is 41.5 Å².